The van der Waals surface area contributed by atoms with Gasteiger partial charge >= 0.3 is 5.69 Å². The molecule has 0 bridgehead atoms. The smallest absolute Gasteiger partial charge is 0.312 e. The average Bonchev–Trinajstić information content (AvgIpc) is 2.70. The minimum Gasteiger partial charge on any atom is -0.496 e. The number of nitriles is 1. The van der Waals surface area contributed by atoms with E-state index in [1.54, 1.807) is 6.07 Å². The highest BCUT2D eigenvalue weighted by molar-refractivity contribution is 5.92. The maximum atomic E-state index is 10.7. The van der Waals surface area contributed by atoms with Crippen molar-refractivity contribution in [2.75, 3.05) is 7.11 Å². The van der Waals surface area contributed by atoms with E-state index in [0.717, 1.165) is 0 Å². The number of hydrogen-bond donors (Lipinski definition) is 0. The molecule has 0 saturated carbocycles. The van der Waals surface area contributed by atoms with Crippen LogP contribution in [0.3, 0.4) is 0 Å². The Labute approximate surface area is 89.8 Å². The molecule has 0 radical (unpaired) electrons. The van der Waals surface area contributed by atoms with Crippen LogP contribution >= 0.6 is 0 Å². The first-order valence-corrected chi connectivity index (χ1v) is 4.32. The van der Waals surface area contributed by atoms with Crippen LogP contribution in [-0.2, 0) is 0 Å². The number of nitro benzene ring substituents is 1. The maximum Gasteiger partial charge on any atom is 0.312 e. The zero-order valence-corrected chi connectivity index (χ0v) is 8.26. The van der Waals surface area contributed by atoms with Gasteiger partial charge in [0.1, 0.15) is 11.8 Å². The van der Waals surface area contributed by atoms with Crippen molar-refractivity contribution in [3.8, 4) is 11.8 Å². The molecule has 0 spiro atoms. The molecule has 0 unspecified atom stereocenters. The lowest BCUT2D eigenvalue weighted by Gasteiger charge is -1.99. The number of rotatable bonds is 2. The summed E-state index contributed by atoms with van der Waals surface area (Å²) < 4.78 is 10.1. The molecule has 16 heavy (non-hydrogen) atoms. The zero-order valence-electron chi connectivity index (χ0n) is 8.26. The summed E-state index contributed by atoms with van der Waals surface area (Å²) >= 11 is 0. The minimum atomic E-state index is -0.563. The van der Waals surface area contributed by atoms with E-state index in [2.05, 4.69) is 0 Å². The van der Waals surface area contributed by atoms with E-state index in [-0.39, 0.29) is 17.0 Å². The van der Waals surface area contributed by atoms with Crippen LogP contribution in [0.5, 0.6) is 5.75 Å². The Kier molecular flexibility index (Phi) is 2.21. The summed E-state index contributed by atoms with van der Waals surface area (Å²) in [6.07, 6.45) is 0. The molecule has 1 aromatic carbocycles. The minimum absolute atomic E-state index is 0.0163. The van der Waals surface area contributed by atoms with Crippen LogP contribution in [0.25, 0.3) is 11.0 Å². The molecule has 0 N–H and O–H groups in total. The van der Waals surface area contributed by atoms with E-state index in [1.165, 1.54) is 25.3 Å². The van der Waals surface area contributed by atoms with Crippen molar-refractivity contribution in [1.82, 2.24) is 0 Å². The molecule has 1 heterocycles. The molecular formula is C10H6N2O4. The predicted octanol–water partition coefficient (Wildman–Crippen LogP) is 2.22. The Balaban J connectivity index is 2.84. The SMILES string of the molecule is COc1ccc([N+](=O)[O-])c2oc(C#N)cc12. The molecule has 1 aromatic heterocycles. The second-order valence-corrected chi connectivity index (χ2v) is 3.01. The molecule has 0 fully saturated rings. The number of hydrogen-bond acceptors (Lipinski definition) is 5. The van der Waals surface area contributed by atoms with E-state index in [0.29, 0.717) is 11.1 Å². The number of methoxy groups -OCH3 is 1. The van der Waals surface area contributed by atoms with Gasteiger partial charge in [-0.3, -0.25) is 10.1 Å². The monoisotopic (exact) mass is 218 g/mol. The van der Waals surface area contributed by atoms with Crippen LogP contribution in [0.4, 0.5) is 5.69 Å². The molecule has 0 aliphatic rings. The van der Waals surface area contributed by atoms with Crippen LogP contribution in [-0.4, -0.2) is 12.0 Å². The van der Waals surface area contributed by atoms with Gasteiger partial charge in [0.15, 0.2) is 0 Å². The second-order valence-electron chi connectivity index (χ2n) is 3.01. The Morgan fingerprint density at radius 2 is 2.31 bits per heavy atom. The van der Waals surface area contributed by atoms with E-state index >= 15 is 0 Å². The normalized spacial score (nSPS) is 10.0. The van der Waals surface area contributed by atoms with Crippen molar-refractivity contribution >= 4 is 16.7 Å². The molecular weight excluding hydrogens is 212 g/mol. The Hall–Kier alpha value is -2.55. The van der Waals surface area contributed by atoms with Crippen LogP contribution in [0.15, 0.2) is 22.6 Å². The van der Waals surface area contributed by atoms with Crippen LogP contribution < -0.4 is 4.74 Å². The first-order chi connectivity index (χ1) is 7.67. The van der Waals surface area contributed by atoms with Gasteiger partial charge in [-0.05, 0) is 6.07 Å². The lowest BCUT2D eigenvalue weighted by Crippen LogP contribution is -1.90. The Morgan fingerprint density at radius 3 is 2.88 bits per heavy atom. The van der Waals surface area contributed by atoms with Gasteiger partial charge in [-0.2, -0.15) is 5.26 Å². The first-order valence-electron chi connectivity index (χ1n) is 4.32. The third-order valence-corrected chi connectivity index (χ3v) is 2.15. The number of nitrogens with zero attached hydrogens (tertiary/aromatic N) is 2. The quantitative estimate of drug-likeness (QED) is 0.569. The highest BCUT2D eigenvalue weighted by Crippen LogP contribution is 2.34. The summed E-state index contributed by atoms with van der Waals surface area (Å²) in [5, 5.41) is 19.8. The average molecular weight is 218 g/mol. The molecule has 0 atom stereocenters. The van der Waals surface area contributed by atoms with Gasteiger partial charge in [-0.1, -0.05) is 0 Å². The fourth-order valence-electron chi connectivity index (χ4n) is 1.46. The second kappa shape index (κ2) is 3.55. The highest BCUT2D eigenvalue weighted by Gasteiger charge is 2.19. The molecule has 6 heteroatoms. The van der Waals surface area contributed by atoms with Crippen molar-refractivity contribution < 1.29 is 14.1 Å². The summed E-state index contributed by atoms with van der Waals surface area (Å²) in [5.41, 5.74) is -0.127. The fourth-order valence-corrected chi connectivity index (χ4v) is 1.46. The van der Waals surface area contributed by atoms with Gasteiger partial charge in [0, 0.05) is 12.1 Å². The van der Waals surface area contributed by atoms with E-state index in [1.807, 2.05) is 0 Å². The van der Waals surface area contributed by atoms with Gasteiger partial charge in [0.05, 0.1) is 17.4 Å². The summed E-state index contributed by atoms with van der Waals surface area (Å²) in [6, 6.07) is 5.96. The number of nitro groups is 1. The van der Waals surface area contributed by atoms with E-state index < -0.39 is 4.92 Å². The molecule has 0 saturated heterocycles. The number of furan rings is 1. The first kappa shape index (κ1) is 9.98. The summed E-state index contributed by atoms with van der Waals surface area (Å²) in [6.45, 7) is 0. The van der Waals surface area contributed by atoms with Crippen molar-refractivity contribution in [1.29, 1.82) is 5.26 Å². The van der Waals surface area contributed by atoms with Gasteiger partial charge in [0.2, 0.25) is 11.3 Å². The number of benzene rings is 1. The Morgan fingerprint density at radius 1 is 1.56 bits per heavy atom. The lowest BCUT2D eigenvalue weighted by molar-refractivity contribution is -0.383. The third-order valence-electron chi connectivity index (χ3n) is 2.15. The molecule has 6 nitrogen and oxygen atoms in total. The van der Waals surface area contributed by atoms with Crippen LogP contribution in [0.2, 0.25) is 0 Å². The summed E-state index contributed by atoms with van der Waals surface area (Å²) in [7, 11) is 1.44. The number of non-ortho nitro benzene ring substituents is 1. The van der Waals surface area contributed by atoms with Crippen molar-refractivity contribution in [3.63, 3.8) is 0 Å². The van der Waals surface area contributed by atoms with Gasteiger partial charge in [0.25, 0.3) is 0 Å². The van der Waals surface area contributed by atoms with Crippen LogP contribution in [0.1, 0.15) is 5.76 Å². The van der Waals surface area contributed by atoms with Crippen molar-refractivity contribution in [2.24, 2.45) is 0 Å². The molecule has 80 valence electrons. The topological polar surface area (TPSA) is 89.3 Å². The predicted molar refractivity (Wildman–Crippen MR) is 54.1 cm³/mol. The molecule has 2 rings (SSSR count). The molecule has 2 aromatic rings. The standard InChI is InChI=1S/C10H6N2O4/c1-15-9-3-2-8(12(13)14)10-7(9)4-6(5-11)16-10/h2-4H,1H3. The molecule has 0 aliphatic carbocycles. The van der Waals surface area contributed by atoms with Crippen molar-refractivity contribution in [2.45, 2.75) is 0 Å². The van der Waals surface area contributed by atoms with Crippen LogP contribution in [0, 0.1) is 21.4 Å². The maximum absolute atomic E-state index is 10.7. The summed E-state index contributed by atoms with van der Waals surface area (Å²) in [5.74, 6) is 0.452. The number of fused-ring (bicyclic) bond motifs is 1. The molecule has 0 aliphatic heterocycles. The zero-order chi connectivity index (χ0) is 11.7. The number of ether oxygens (including phenoxy) is 1. The third kappa shape index (κ3) is 1.35. The van der Waals surface area contributed by atoms with Gasteiger partial charge in [-0.25, -0.2) is 0 Å². The van der Waals surface area contributed by atoms with Gasteiger partial charge in [-0.15, -0.1) is 0 Å². The highest BCUT2D eigenvalue weighted by atomic mass is 16.6. The van der Waals surface area contributed by atoms with E-state index in [9.17, 15) is 10.1 Å². The lowest BCUT2D eigenvalue weighted by atomic mass is 10.2. The fraction of sp³-hybridized carbons (Fsp3) is 0.100. The van der Waals surface area contributed by atoms with E-state index in [4.69, 9.17) is 14.4 Å². The Bertz CT molecular complexity index is 609. The van der Waals surface area contributed by atoms with Gasteiger partial charge < -0.3 is 9.15 Å². The molecule has 0 amide bonds. The largest absolute Gasteiger partial charge is 0.496 e. The van der Waals surface area contributed by atoms with Crippen molar-refractivity contribution in [3.05, 3.63) is 34.1 Å². The summed E-state index contributed by atoms with van der Waals surface area (Å²) in [4.78, 5) is 10.2.